The van der Waals surface area contributed by atoms with E-state index in [9.17, 15) is 12.8 Å². The summed E-state index contributed by atoms with van der Waals surface area (Å²) in [5.74, 6) is 0.0679. The molecule has 0 aromatic heterocycles. The predicted molar refractivity (Wildman–Crippen MR) is 78.1 cm³/mol. The smallest absolute Gasteiger partial charge is 0.261 e. The largest absolute Gasteiger partial charge is 0.280 e. The van der Waals surface area contributed by atoms with Crippen molar-refractivity contribution in [2.75, 3.05) is 10.6 Å². The summed E-state index contributed by atoms with van der Waals surface area (Å²) in [5, 5.41) is 0. The highest BCUT2D eigenvalue weighted by molar-refractivity contribution is 7.92. The Labute approximate surface area is 122 Å². The Kier molecular flexibility index (Phi) is 4.62. The van der Waals surface area contributed by atoms with E-state index in [1.807, 2.05) is 0 Å². The van der Waals surface area contributed by atoms with Crippen molar-refractivity contribution in [3.63, 3.8) is 0 Å². The number of rotatable bonds is 5. The molecule has 2 aromatic rings. The SMILES string of the molecule is O=S(=O)(Nc1ccc(F)cc1)c1ccc(CCCl)cc1. The van der Waals surface area contributed by atoms with Crippen LogP contribution in [0.5, 0.6) is 0 Å². The molecule has 3 nitrogen and oxygen atoms in total. The van der Waals surface area contributed by atoms with Crippen LogP contribution in [0, 0.1) is 5.82 Å². The fourth-order valence-corrected chi connectivity index (χ4v) is 2.95. The molecule has 0 amide bonds. The predicted octanol–water partition coefficient (Wildman–Crippen LogP) is 3.41. The zero-order chi connectivity index (χ0) is 14.6. The van der Waals surface area contributed by atoms with Gasteiger partial charge in [0.25, 0.3) is 10.0 Å². The van der Waals surface area contributed by atoms with E-state index in [1.54, 1.807) is 12.1 Å². The van der Waals surface area contributed by atoms with Gasteiger partial charge in [-0.2, -0.15) is 0 Å². The maximum Gasteiger partial charge on any atom is 0.261 e. The number of aryl methyl sites for hydroxylation is 1. The summed E-state index contributed by atoms with van der Waals surface area (Å²) in [5.41, 5.74) is 1.29. The van der Waals surface area contributed by atoms with Gasteiger partial charge in [-0.1, -0.05) is 12.1 Å². The maximum absolute atomic E-state index is 12.8. The molecule has 0 saturated heterocycles. The third-order valence-electron chi connectivity index (χ3n) is 2.71. The van der Waals surface area contributed by atoms with E-state index in [0.717, 1.165) is 5.56 Å². The molecule has 0 unspecified atom stereocenters. The zero-order valence-electron chi connectivity index (χ0n) is 10.5. The minimum absolute atomic E-state index is 0.153. The molecular weight excluding hydrogens is 301 g/mol. The Hall–Kier alpha value is -1.59. The number of alkyl halides is 1. The Bertz CT molecular complexity index is 669. The number of anilines is 1. The van der Waals surface area contributed by atoms with Gasteiger partial charge in [0.1, 0.15) is 5.82 Å². The fourth-order valence-electron chi connectivity index (χ4n) is 1.68. The second kappa shape index (κ2) is 6.24. The van der Waals surface area contributed by atoms with Crippen molar-refractivity contribution in [2.24, 2.45) is 0 Å². The van der Waals surface area contributed by atoms with Gasteiger partial charge in [-0.15, -0.1) is 11.6 Å². The molecule has 0 aliphatic carbocycles. The van der Waals surface area contributed by atoms with Gasteiger partial charge in [0.2, 0.25) is 0 Å². The van der Waals surface area contributed by atoms with E-state index in [-0.39, 0.29) is 4.90 Å². The zero-order valence-corrected chi connectivity index (χ0v) is 12.1. The molecule has 106 valence electrons. The van der Waals surface area contributed by atoms with Crippen LogP contribution < -0.4 is 4.72 Å². The fraction of sp³-hybridized carbons (Fsp3) is 0.143. The van der Waals surface area contributed by atoms with Crippen LogP contribution in [-0.2, 0) is 16.4 Å². The van der Waals surface area contributed by atoms with Gasteiger partial charge < -0.3 is 0 Å². The first kappa shape index (κ1) is 14.8. The Balaban J connectivity index is 2.19. The standard InChI is InChI=1S/C14H13ClFNO2S/c15-10-9-11-1-7-14(8-2-11)20(18,19)17-13-5-3-12(16)4-6-13/h1-8,17H,9-10H2. The molecule has 6 heteroatoms. The van der Waals surface area contributed by atoms with Crippen LogP contribution >= 0.6 is 11.6 Å². The second-order valence-electron chi connectivity index (χ2n) is 4.20. The van der Waals surface area contributed by atoms with Gasteiger partial charge in [-0.25, -0.2) is 12.8 Å². The molecular formula is C14H13ClFNO2S. The quantitative estimate of drug-likeness (QED) is 0.860. The van der Waals surface area contributed by atoms with Gasteiger partial charge >= 0.3 is 0 Å². The third kappa shape index (κ3) is 3.71. The molecule has 20 heavy (non-hydrogen) atoms. The minimum atomic E-state index is -3.66. The summed E-state index contributed by atoms with van der Waals surface area (Å²) in [6.07, 6.45) is 0.688. The van der Waals surface area contributed by atoms with Gasteiger partial charge in [0, 0.05) is 11.6 Å². The number of benzene rings is 2. The normalized spacial score (nSPS) is 11.3. The van der Waals surface area contributed by atoms with E-state index >= 15 is 0 Å². The number of hydrogen-bond acceptors (Lipinski definition) is 2. The number of hydrogen-bond donors (Lipinski definition) is 1. The van der Waals surface area contributed by atoms with Gasteiger partial charge in [0.05, 0.1) is 4.90 Å². The van der Waals surface area contributed by atoms with E-state index in [1.165, 1.54) is 36.4 Å². The molecule has 0 aliphatic heterocycles. The molecule has 0 fully saturated rings. The first-order valence-electron chi connectivity index (χ1n) is 5.94. The summed E-state index contributed by atoms with van der Waals surface area (Å²) < 4.78 is 39.4. The van der Waals surface area contributed by atoms with Crippen LogP contribution in [0.4, 0.5) is 10.1 Å². The first-order valence-corrected chi connectivity index (χ1v) is 7.96. The summed E-state index contributed by atoms with van der Waals surface area (Å²) >= 11 is 5.62. The lowest BCUT2D eigenvalue weighted by Crippen LogP contribution is -2.12. The monoisotopic (exact) mass is 313 g/mol. The molecule has 0 bridgehead atoms. The van der Waals surface area contributed by atoms with Crippen LogP contribution in [-0.4, -0.2) is 14.3 Å². The lowest BCUT2D eigenvalue weighted by atomic mass is 10.2. The highest BCUT2D eigenvalue weighted by Gasteiger charge is 2.13. The second-order valence-corrected chi connectivity index (χ2v) is 6.26. The minimum Gasteiger partial charge on any atom is -0.280 e. The Morgan fingerprint density at radius 2 is 1.60 bits per heavy atom. The van der Waals surface area contributed by atoms with Crippen molar-refractivity contribution in [2.45, 2.75) is 11.3 Å². The molecule has 0 spiro atoms. The van der Waals surface area contributed by atoms with Crippen molar-refractivity contribution in [1.82, 2.24) is 0 Å². The summed E-state index contributed by atoms with van der Waals surface area (Å²) in [4.78, 5) is 0.153. The molecule has 1 N–H and O–H groups in total. The summed E-state index contributed by atoms with van der Waals surface area (Å²) in [6, 6.07) is 11.6. The van der Waals surface area contributed by atoms with E-state index in [2.05, 4.69) is 4.72 Å². The highest BCUT2D eigenvalue weighted by atomic mass is 35.5. The van der Waals surface area contributed by atoms with Crippen molar-refractivity contribution < 1.29 is 12.8 Å². The lowest BCUT2D eigenvalue weighted by Gasteiger charge is -2.08. The van der Waals surface area contributed by atoms with E-state index in [0.29, 0.717) is 18.0 Å². The topological polar surface area (TPSA) is 46.2 Å². The molecule has 0 atom stereocenters. The van der Waals surface area contributed by atoms with E-state index < -0.39 is 15.8 Å². The number of sulfonamides is 1. The molecule has 0 aliphatic rings. The van der Waals surface area contributed by atoms with Crippen LogP contribution in [0.3, 0.4) is 0 Å². The summed E-state index contributed by atoms with van der Waals surface area (Å²) in [7, 11) is -3.66. The summed E-state index contributed by atoms with van der Waals surface area (Å²) in [6.45, 7) is 0. The molecule has 0 heterocycles. The van der Waals surface area contributed by atoms with Gasteiger partial charge in [-0.05, 0) is 48.4 Å². The van der Waals surface area contributed by atoms with Crippen LogP contribution in [0.25, 0.3) is 0 Å². The van der Waals surface area contributed by atoms with Crippen molar-refractivity contribution in [3.05, 3.63) is 59.9 Å². The average molecular weight is 314 g/mol. The lowest BCUT2D eigenvalue weighted by molar-refractivity contribution is 0.601. The highest BCUT2D eigenvalue weighted by Crippen LogP contribution is 2.17. The van der Waals surface area contributed by atoms with Crippen molar-refractivity contribution >= 4 is 27.3 Å². The Morgan fingerprint density at radius 1 is 1.00 bits per heavy atom. The maximum atomic E-state index is 12.8. The van der Waals surface area contributed by atoms with Crippen molar-refractivity contribution in [1.29, 1.82) is 0 Å². The molecule has 2 aromatic carbocycles. The van der Waals surface area contributed by atoms with Crippen LogP contribution in [0.2, 0.25) is 0 Å². The average Bonchev–Trinajstić information content (AvgIpc) is 2.42. The number of nitrogens with one attached hydrogen (secondary N) is 1. The molecule has 2 rings (SSSR count). The van der Waals surface area contributed by atoms with Gasteiger partial charge in [-0.3, -0.25) is 4.72 Å². The third-order valence-corrected chi connectivity index (χ3v) is 4.30. The number of halogens is 2. The van der Waals surface area contributed by atoms with Crippen molar-refractivity contribution in [3.8, 4) is 0 Å². The first-order chi connectivity index (χ1) is 9.51. The van der Waals surface area contributed by atoms with Crippen LogP contribution in [0.15, 0.2) is 53.4 Å². The Morgan fingerprint density at radius 3 is 2.15 bits per heavy atom. The molecule has 0 saturated carbocycles. The van der Waals surface area contributed by atoms with Crippen LogP contribution in [0.1, 0.15) is 5.56 Å². The van der Waals surface area contributed by atoms with Gasteiger partial charge in [0.15, 0.2) is 0 Å². The molecule has 0 radical (unpaired) electrons. The van der Waals surface area contributed by atoms with E-state index in [4.69, 9.17) is 11.6 Å².